The van der Waals surface area contributed by atoms with E-state index in [0.717, 1.165) is 26.7 Å². The summed E-state index contributed by atoms with van der Waals surface area (Å²) in [5, 5.41) is 6.63. The number of amides is 1. The molecule has 0 unspecified atom stereocenters. The molecule has 0 saturated heterocycles. The number of benzene rings is 1. The molecule has 3 aromatic rings. The summed E-state index contributed by atoms with van der Waals surface area (Å²) in [7, 11) is 1.82. The van der Waals surface area contributed by atoms with Crippen molar-refractivity contribution < 1.29 is 9.21 Å². The van der Waals surface area contributed by atoms with Crippen LogP contribution in [0.3, 0.4) is 0 Å². The molecule has 0 aliphatic carbocycles. The quantitative estimate of drug-likeness (QED) is 0.715. The summed E-state index contributed by atoms with van der Waals surface area (Å²) in [6, 6.07) is 11.8. The van der Waals surface area contributed by atoms with E-state index in [4.69, 9.17) is 4.42 Å². The van der Waals surface area contributed by atoms with Gasteiger partial charge in [0.05, 0.1) is 16.8 Å². The van der Waals surface area contributed by atoms with Gasteiger partial charge in [0.15, 0.2) is 10.8 Å². The van der Waals surface area contributed by atoms with Crippen molar-refractivity contribution in [1.82, 2.24) is 15.6 Å². The maximum atomic E-state index is 11.6. The van der Waals surface area contributed by atoms with E-state index in [2.05, 4.69) is 15.6 Å². The number of thiazole rings is 1. The summed E-state index contributed by atoms with van der Waals surface area (Å²) in [6.45, 7) is 1.06. The number of fused-ring (bicyclic) bond motifs is 1. The highest BCUT2D eigenvalue weighted by Crippen LogP contribution is 2.30. The molecule has 0 aliphatic heterocycles. The lowest BCUT2D eigenvalue weighted by Gasteiger charge is -2.02. The van der Waals surface area contributed by atoms with Crippen molar-refractivity contribution in [2.45, 2.75) is 13.0 Å². The number of hydrogen-bond donors (Lipinski definition) is 2. The minimum Gasteiger partial charge on any atom is -0.457 e. The molecule has 0 saturated carbocycles. The Morgan fingerprint density at radius 1 is 1.26 bits per heavy atom. The van der Waals surface area contributed by atoms with Crippen LogP contribution in [-0.4, -0.2) is 24.5 Å². The number of hydrogen-bond acceptors (Lipinski definition) is 5. The van der Waals surface area contributed by atoms with Crippen molar-refractivity contribution in [2.75, 3.05) is 13.6 Å². The lowest BCUT2D eigenvalue weighted by Crippen LogP contribution is -2.25. The molecule has 2 heterocycles. The molecule has 0 fully saturated rings. The first-order valence-corrected chi connectivity index (χ1v) is 7.94. The number of aromatic nitrogens is 1. The summed E-state index contributed by atoms with van der Waals surface area (Å²) in [5.74, 6) is 1.47. The minimum atomic E-state index is 0. The number of carbonyl (C=O) groups excluding carboxylic acids is 1. The Balaban J connectivity index is 0.00000192. The van der Waals surface area contributed by atoms with E-state index in [0.29, 0.717) is 19.5 Å². The SMILES string of the molecule is CNCCC(=O)NCc1ccc(-c2nc3ccccc3s2)o1.Cl. The lowest BCUT2D eigenvalue weighted by molar-refractivity contribution is -0.121. The first-order chi connectivity index (χ1) is 10.8. The molecular weight excluding hydrogens is 334 g/mol. The topological polar surface area (TPSA) is 67.2 Å². The summed E-state index contributed by atoms with van der Waals surface area (Å²) >= 11 is 1.60. The highest BCUT2D eigenvalue weighted by atomic mass is 35.5. The van der Waals surface area contributed by atoms with Gasteiger partial charge in [0, 0.05) is 13.0 Å². The van der Waals surface area contributed by atoms with Crippen LogP contribution >= 0.6 is 23.7 Å². The van der Waals surface area contributed by atoms with Crippen LogP contribution in [0.15, 0.2) is 40.8 Å². The van der Waals surface area contributed by atoms with Crippen molar-refractivity contribution in [3.63, 3.8) is 0 Å². The van der Waals surface area contributed by atoms with Crippen LogP contribution in [0.4, 0.5) is 0 Å². The van der Waals surface area contributed by atoms with Crippen LogP contribution in [0.5, 0.6) is 0 Å². The minimum absolute atomic E-state index is 0. The fourth-order valence-corrected chi connectivity index (χ4v) is 3.01. The van der Waals surface area contributed by atoms with Gasteiger partial charge in [0.25, 0.3) is 0 Å². The monoisotopic (exact) mass is 351 g/mol. The predicted molar refractivity (Wildman–Crippen MR) is 95.0 cm³/mol. The van der Waals surface area contributed by atoms with Crippen LogP contribution in [-0.2, 0) is 11.3 Å². The Morgan fingerprint density at radius 2 is 2.09 bits per heavy atom. The number of nitrogens with zero attached hydrogens (tertiary/aromatic N) is 1. The van der Waals surface area contributed by atoms with Crippen LogP contribution < -0.4 is 10.6 Å². The van der Waals surface area contributed by atoms with E-state index in [1.807, 2.05) is 43.4 Å². The molecule has 23 heavy (non-hydrogen) atoms. The van der Waals surface area contributed by atoms with E-state index in [1.165, 1.54) is 0 Å². The fraction of sp³-hybridized carbons (Fsp3) is 0.250. The fourth-order valence-electron chi connectivity index (χ4n) is 2.08. The molecule has 3 rings (SSSR count). The molecule has 2 aromatic heterocycles. The van der Waals surface area contributed by atoms with Gasteiger partial charge in [-0.3, -0.25) is 4.79 Å². The Bertz CT molecular complexity index is 751. The van der Waals surface area contributed by atoms with Crippen molar-refractivity contribution in [1.29, 1.82) is 0 Å². The largest absolute Gasteiger partial charge is 0.457 e. The average Bonchev–Trinajstić information content (AvgIpc) is 3.16. The molecule has 1 amide bonds. The van der Waals surface area contributed by atoms with Crippen LogP contribution in [0, 0.1) is 0 Å². The molecule has 5 nitrogen and oxygen atoms in total. The maximum Gasteiger partial charge on any atom is 0.221 e. The number of para-hydroxylation sites is 1. The smallest absolute Gasteiger partial charge is 0.221 e. The summed E-state index contributed by atoms with van der Waals surface area (Å²) < 4.78 is 6.91. The first kappa shape index (κ1) is 17.5. The van der Waals surface area contributed by atoms with Gasteiger partial charge >= 0.3 is 0 Å². The molecule has 0 spiro atoms. The zero-order valence-electron chi connectivity index (χ0n) is 12.7. The molecule has 122 valence electrons. The molecule has 7 heteroatoms. The Labute approximate surface area is 144 Å². The van der Waals surface area contributed by atoms with E-state index < -0.39 is 0 Å². The zero-order chi connectivity index (χ0) is 15.4. The van der Waals surface area contributed by atoms with Gasteiger partial charge in [-0.2, -0.15) is 0 Å². The molecular formula is C16H18ClN3O2S. The van der Waals surface area contributed by atoms with Crippen LogP contribution in [0.25, 0.3) is 21.0 Å². The average molecular weight is 352 g/mol. The lowest BCUT2D eigenvalue weighted by atomic mass is 10.3. The van der Waals surface area contributed by atoms with Gasteiger partial charge in [-0.25, -0.2) is 4.98 Å². The normalized spacial score (nSPS) is 10.5. The number of halogens is 1. The van der Waals surface area contributed by atoms with Gasteiger partial charge in [-0.1, -0.05) is 12.1 Å². The summed E-state index contributed by atoms with van der Waals surface area (Å²) in [4.78, 5) is 16.1. The Kier molecular flexibility index (Phi) is 6.15. The summed E-state index contributed by atoms with van der Waals surface area (Å²) in [5.41, 5.74) is 0.973. The highest BCUT2D eigenvalue weighted by molar-refractivity contribution is 7.21. The van der Waals surface area contributed by atoms with Gasteiger partial charge in [0.1, 0.15) is 5.76 Å². The van der Waals surface area contributed by atoms with Crippen molar-refractivity contribution in [3.05, 3.63) is 42.2 Å². The van der Waals surface area contributed by atoms with Crippen molar-refractivity contribution >= 4 is 39.9 Å². The predicted octanol–water partition coefficient (Wildman–Crippen LogP) is 3.20. The highest BCUT2D eigenvalue weighted by Gasteiger charge is 2.11. The molecule has 0 bridgehead atoms. The number of furan rings is 1. The van der Waals surface area contributed by atoms with Gasteiger partial charge in [-0.15, -0.1) is 23.7 Å². The molecule has 0 radical (unpaired) electrons. The van der Waals surface area contributed by atoms with Gasteiger partial charge in [-0.05, 0) is 31.3 Å². The first-order valence-electron chi connectivity index (χ1n) is 7.12. The Hall–Kier alpha value is -1.89. The molecule has 0 atom stereocenters. The van der Waals surface area contributed by atoms with E-state index in [1.54, 1.807) is 11.3 Å². The van der Waals surface area contributed by atoms with Crippen LogP contribution in [0.1, 0.15) is 12.2 Å². The second-order valence-electron chi connectivity index (χ2n) is 4.88. The van der Waals surface area contributed by atoms with Crippen LogP contribution in [0.2, 0.25) is 0 Å². The van der Waals surface area contributed by atoms with Crippen molar-refractivity contribution in [2.24, 2.45) is 0 Å². The summed E-state index contributed by atoms with van der Waals surface area (Å²) in [6.07, 6.45) is 0.460. The standard InChI is InChI=1S/C16H17N3O2S.ClH/c1-17-9-8-15(20)18-10-11-6-7-13(21-11)16-19-12-4-2-3-5-14(12)22-16;/h2-7,17H,8-10H2,1H3,(H,18,20);1H. The number of nitrogens with one attached hydrogen (secondary N) is 2. The van der Waals surface area contributed by atoms with E-state index in [-0.39, 0.29) is 18.3 Å². The van der Waals surface area contributed by atoms with Gasteiger partial charge in [0.2, 0.25) is 5.91 Å². The molecule has 0 aliphatic rings. The molecule has 1 aromatic carbocycles. The third-order valence-corrected chi connectivity index (χ3v) is 4.28. The van der Waals surface area contributed by atoms with Gasteiger partial charge < -0.3 is 15.1 Å². The Morgan fingerprint density at radius 3 is 2.87 bits per heavy atom. The van der Waals surface area contributed by atoms with Crippen molar-refractivity contribution in [3.8, 4) is 10.8 Å². The second kappa shape index (κ2) is 8.10. The van der Waals surface area contributed by atoms with E-state index in [9.17, 15) is 4.79 Å². The number of carbonyl (C=O) groups is 1. The molecule has 2 N–H and O–H groups in total. The maximum absolute atomic E-state index is 11.6. The van der Waals surface area contributed by atoms with E-state index >= 15 is 0 Å². The number of rotatable bonds is 6. The third-order valence-electron chi connectivity index (χ3n) is 3.23. The second-order valence-corrected chi connectivity index (χ2v) is 5.91. The zero-order valence-corrected chi connectivity index (χ0v) is 14.3. The third kappa shape index (κ3) is 4.31.